The van der Waals surface area contributed by atoms with Crippen LogP contribution in [0, 0.1) is 0 Å². The van der Waals surface area contributed by atoms with Gasteiger partial charge in [0.05, 0.1) is 13.2 Å². The maximum Gasteiger partial charge on any atom is 0.256 e. The monoisotopic (exact) mass is 213 g/mol. The molecule has 0 saturated heterocycles. The normalized spacial score (nSPS) is 16.1. The quantitative estimate of drug-likeness (QED) is 0.486. The van der Waals surface area contributed by atoms with Crippen molar-refractivity contribution in [1.82, 2.24) is 4.90 Å². The number of carbonyl (C=O) groups is 2. The van der Waals surface area contributed by atoms with Crippen LogP contribution in [0.5, 0.6) is 0 Å². The average molecular weight is 213 g/mol. The van der Waals surface area contributed by atoms with E-state index in [2.05, 4.69) is 0 Å². The second-order valence-electron chi connectivity index (χ2n) is 3.31. The smallest absolute Gasteiger partial charge is 0.256 e. The number of imide groups is 1. The van der Waals surface area contributed by atoms with E-state index in [1.54, 1.807) is 6.92 Å². The van der Waals surface area contributed by atoms with Crippen LogP contribution in [0.1, 0.15) is 13.3 Å². The predicted molar refractivity (Wildman–Crippen MR) is 53.0 cm³/mol. The van der Waals surface area contributed by atoms with Crippen molar-refractivity contribution in [2.24, 2.45) is 0 Å². The molecular weight excluding hydrogens is 198 g/mol. The van der Waals surface area contributed by atoms with Gasteiger partial charge in [-0.15, -0.1) is 0 Å². The average Bonchev–Trinajstić information content (AvgIpc) is 2.44. The van der Waals surface area contributed by atoms with Crippen LogP contribution in [0.3, 0.4) is 0 Å². The molecule has 0 unspecified atom stereocenters. The zero-order valence-corrected chi connectivity index (χ0v) is 8.73. The third-order valence-corrected chi connectivity index (χ3v) is 2.09. The summed E-state index contributed by atoms with van der Waals surface area (Å²) in [4.78, 5) is 23.9. The van der Waals surface area contributed by atoms with Gasteiger partial charge in [0.15, 0.2) is 0 Å². The van der Waals surface area contributed by atoms with Crippen LogP contribution >= 0.6 is 0 Å². The van der Waals surface area contributed by atoms with Gasteiger partial charge in [-0.2, -0.15) is 0 Å². The summed E-state index contributed by atoms with van der Waals surface area (Å²) in [7, 11) is 0. The summed E-state index contributed by atoms with van der Waals surface area (Å²) in [5.74, 6) is -0.471. The summed E-state index contributed by atoms with van der Waals surface area (Å²) in [6.07, 6.45) is 1.94. The molecule has 1 aliphatic rings. The molecule has 5 nitrogen and oxygen atoms in total. The van der Waals surface area contributed by atoms with Crippen molar-refractivity contribution in [3.05, 3.63) is 11.6 Å². The Labute approximate surface area is 88.3 Å². The Morgan fingerprint density at radius 1 is 1.40 bits per heavy atom. The van der Waals surface area contributed by atoms with Crippen LogP contribution in [0.2, 0.25) is 0 Å². The van der Waals surface area contributed by atoms with E-state index in [1.807, 2.05) is 0 Å². The van der Waals surface area contributed by atoms with Crippen LogP contribution < -0.4 is 0 Å². The number of aliphatic hydroxyl groups excluding tert-OH is 1. The van der Waals surface area contributed by atoms with Crippen molar-refractivity contribution < 1.29 is 19.4 Å². The molecule has 1 rings (SSSR count). The maximum absolute atomic E-state index is 11.4. The van der Waals surface area contributed by atoms with Gasteiger partial charge in [0.25, 0.3) is 11.8 Å². The molecule has 0 aromatic rings. The Balaban J connectivity index is 2.23. The molecule has 1 N–H and O–H groups in total. The third kappa shape index (κ3) is 3.14. The van der Waals surface area contributed by atoms with Gasteiger partial charge in [0.1, 0.15) is 0 Å². The van der Waals surface area contributed by atoms with E-state index in [1.165, 1.54) is 11.0 Å². The summed E-state index contributed by atoms with van der Waals surface area (Å²) in [5.41, 5.74) is 0.483. The van der Waals surface area contributed by atoms with Crippen molar-refractivity contribution in [2.75, 3.05) is 26.4 Å². The number of hydrogen-bond donors (Lipinski definition) is 1. The largest absolute Gasteiger partial charge is 0.394 e. The Morgan fingerprint density at radius 2 is 2.13 bits per heavy atom. The number of aliphatic hydroxyl groups is 1. The summed E-state index contributed by atoms with van der Waals surface area (Å²) < 4.78 is 5.02. The molecular formula is C10H15NO4. The summed E-state index contributed by atoms with van der Waals surface area (Å²) in [6.45, 7) is 2.72. The SMILES string of the molecule is CC1=CC(=O)N(CCCOCCO)C1=O. The molecule has 0 bridgehead atoms. The first-order valence-corrected chi connectivity index (χ1v) is 4.89. The van der Waals surface area contributed by atoms with E-state index >= 15 is 0 Å². The standard InChI is InChI=1S/C10H15NO4/c1-8-7-9(13)11(10(8)14)3-2-5-15-6-4-12/h7,12H,2-6H2,1H3. The van der Waals surface area contributed by atoms with Gasteiger partial charge in [0.2, 0.25) is 0 Å². The minimum atomic E-state index is -0.250. The van der Waals surface area contributed by atoms with Gasteiger partial charge in [-0.1, -0.05) is 0 Å². The number of carbonyl (C=O) groups excluding carboxylic acids is 2. The highest BCUT2D eigenvalue weighted by Crippen LogP contribution is 2.11. The molecule has 0 radical (unpaired) electrons. The highest BCUT2D eigenvalue weighted by molar-refractivity contribution is 6.15. The van der Waals surface area contributed by atoms with Crippen LogP contribution in [-0.2, 0) is 14.3 Å². The lowest BCUT2D eigenvalue weighted by atomic mass is 10.3. The second-order valence-corrected chi connectivity index (χ2v) is 3.31. The minimum Gasteiger partial charge on any atom is -0.394 e. The molecule has 84 valence electrons. The molecule has 5 heteroatoms. The van der Waals surface area contributed by atoms with Gasteiger partial charge in [0, 0.05) is 24.8 Å². The van der Waals surface area contributed by atoms with Gasteiger partial charge < -0.3 is 9.84 Å². The Bertz CT molecular complexity index is 285. The molecule has 0 spiro atoms. The first kappa shape index (κ1) is 11.9. The third-order valence-electron chi connectivity index (χ3n) is 2.09. The van der Waals surface area contributed by atoms with E-state index in [9.17, 15) is 9.59 Å². The zero-order chi connectivity index (χ0) is 11.3. The number of rotatable bonds is 6. The van der Waals surface area contributed by atoms with Crippen molar-refractivity contribution in [1.29, 1.82) is 0 Å². The molecule has 0 aliphatic carbocycles. The lowest BCUT2D eigenvalue weighted by molar-refractivity contribution is -0.137. The molecule has 0 aromatic carbocycles. The van der Waals surface area contributed by atoms with E-state index in [0.717, 1.165) is 0 Å². The van der Waals surface area contributed by atoms with Gasteiger partial charge in [-0.3, -0.25) is 14.5 Å². The topological polar surface area (TPSA) is 66.8 Å². The first-order valence-electron chi connectivity index (χ1n) is 4.89. The highest BCUT2D eigenvalue weighted by Gasteiger charge is 2.27. The fourth-order valence-electron chi connectivity index (χ4n) is 1.34. The van der Waals surface area contributed by atoms with Crippen molar-refractivity contribution in [3.63, 3.8) is 0 Å². The first-order chi connectivity index (χ1) is 7.16. The van der Waals surface area contributed by atoms with E-state index < -0.39 is 0 Å². The molecule has 1 aliphatic heterocycles. The maximum atomic E-state index is 11.4. The minimum absolute atomic E-state index is 0.0117. The fourth-order valence-corrected chi connectivity index (χ4v) is 1.34. The van der Waals surface area contributed by atoms with Crippen molar-refractivity contribution in [3.8, 4) is 0 Å². The molecule has 2 amide bonds. The van der Waals surface area contributed by atoms with Crippen LogP contribution in [0.4, 0.5) is 0 Å². The van der Waals surface area contributed by atoms with Gasteiger partial charge >= 0.3 is 0 Å². The molecule has 0 atom stereocenters. The number of ether oxygens (including phenoxy) is 1. The Hall–Kier alpha value is -1.20. The molecule has 0 aromatic heterocycles. The molecule has 0 fully saturated rings. The van der Waals surface area contributed by atoms with Crippen molar-refractivity contribution >= 4 is 11.8 Å². The van der Waals surface area contributed by atoms with E-state index in [-0.39, 0.29) is 18.4 Å². The van der Waals surface area contributed by atoms with Crippen molar-refractivity contribution in [2.45, 2.75) is 13.3 Å². The Morgan fingerprint density at radius 3 is 2.67 bits per heavy atom. The lowest BCUT2D eigenvalue weighted by Crippen LogP contribution is -2.32. The predicted octanol–water partition coefficient (Wildman–Crippen LogP) is -0.299. The highest BCUT2D eigenvalue weighted by atomic mass is 16.5. The summed E-state index contributed by atoms with van der Waals surface area (Å²) in [6, 6.07) is 0. The number of hydrogen-bond acceptors (Lipinski definition) is 4. The zero-order valence-electron chi connectivity index (χ0n) is 8.73. The number of nitrogens with zero attached hydrogens (tertiary/aromatic N) is 1. The fraction of sp³-hybridized carbons (Fsp3) is 0.600. The van der Waals surface area contributed by atoms with Gasteiger partial charge in [-0.05, 0) is 13.3 Å². The van der Waals surface area contributed by atoms with Crippen LogP contribution in [0.25, 0.3) is 0 Å². The molecule has 0 saturated carbocycles. The van der Waals surface area contributed by atoms with E-state index in [4.69, 9.17) is 9.84 Å². The molecule has 15 heavy (non-hydrogen) atoms. The number of amides is 2. The summed E-state index contributed by atoms with van der Waals surface area (Å²) >= 11 is 0. The van der Waals surface area contributed by atoms with Crippen LogP contribution in [-0.4, -0.2) is 48.2 Å². The van der Waals surface area contributed by atoms with Crippen LogP contribution in [0.15, 0.2) is 11.6 Å². The van der Waals surface area contributed by atoms with Gasteiger partial charge in [-0.25, -0.2) is 0 Å². The summed E-state index contributed by atoms with van der Waals surface area (Å²) in [5, 5.41) is 8.44. The Kier molecular flexibility index (Phi) is 4.45. The molecule has 1 heterocycles. The lowest BCUT2D eigenvalue weighted by Gasteiger charge is -2.13. The second kappa shape index (κ2) is 5.63. The van der Waals surface area contributed by atoms with E-state index in [0.29, 0.717) is 31.8 Å².